The Bertz CT molecular complexity index is 593. The maximum absolute atomic E-state index is 12.1. The highest BCUT2D eigenvalue weighted by Gasteiger charge is 2.10. The Balaban J connectivity index is 0.00000242. The van der Waals surface area contributed by atoms with Crippen molar-refractivity contribution in [3.8, 4) is 0 Å². The van der Waals surface area contributed by atoms with Crippen LogP contribution in [0.5, 0.6) is 0 Å². The smallest absolute Gasteiger partial charge is 0.224 e. The van der Waals surface area contributed by atoms with Gasteiger partial charge in [0.25, 0.3) is 0 Å². The van der Waals surface area contributed by atoms with Crippen molar-refractivity contribution in [2.75, 3.05) is 5.73 Å². The number of rotatable bonds is 5. The van der Waals surface area contributed by atoms with Crippen LogP contribution in [0.4, 0.5) is 5.69 Å². The Morgan fingerprint density at radius 1 is 1.05 bits per heavy atom. The standard InChI is InChI=1S/C18H22N2O.ClH/c1-3-14-4-8-16(9-5-14)13(2)20-18(21)12-15-6-10-17(19)11-7-15;/h4-11,13H,3,12,19H2,1-2H3,(H,20,21);1H. The molecule has 0 fully saturated rings. The van der Waals surface area contributed by atoms with Gasteiger partial charge in [0.05, 0.1) is 12.5 Å². The summed E-state index contributed by atoms with van der Waals surface area (Å²) in [6.07, 6.45) is 1.40. The van der Waals surface area contributed by atoms with Gasteiger partial charge < -0.3 is 11.1 Å². The van der Waals surface area contributed by atoms with Crippen LogP contribution >= 0.6 is 12.4 Å². The topological polar surface area (TPSA) is 55.1 Å². The lowest BCUT2D eigenvalue weighted by atomic mass is 10.0. The molecule has 0 spiro atoms. The number of hydrogen-bond acceptors (Lipinski definition) is 2. The van der Waals surface area contributed by atoms with Gasteiger partial charge in [-0.1, -0.05) is 43.3 Å². The fraction of sp³-hybridized carbons (Fsp3) is 0.278. The maximum Gasteiger partial charge on any atom is 0.224 e. The number of nitrogens with one attached hydrogen (secondary N) is 1. The molecule has 3 N–H and O–H groups in total. The Kier molecular flexibility index (Phi) is 6.93. The molecule has 0 aliphatic heterocycles. The minimum atomic E-state index is 0. The van der Waals surface area contributed by atoms with E-state index in [1.54, 1.807) is 0 Å². The summed E-state index contributed by atoms with van der Waals surface area (Å²) >= 11 is 0. The summed E-state index contributed by atoms with van der Waals surface area (Å²) in [5.74, 6) is 0.0202. The number of nitrogen functional groups attached to an aromatic ring is 1. The molecule has 4 heteroatoms. The van der Waals surface area contributed by atoms with Gasteiger partial charge in [0, 0.05) is 5.69 Å². The first-order valence-corrected chi connectivity index (χ1v) is 7.31. The predicted molar refractivity (Wildman–Crippen MR) is 94.2 cm³/mol. The van der Waals surface area contributed by atoms with Gasteiger partial charge in [0.2, 0.25) is 5.91 Å². The van der Waals surface area contributed by atoms with Crippen molar-refractivity contribution in [3.05, 3.63) is 65.2 Å². The molecule has 0 aliphatic rings. The number of hydrogen-bond donors (Lipinski definition) is 2. The molecule has 0 radical (unpaired) electrons. The van der Waals surface area contributed by atoms with Gasteiger partial charge in [-0.05, 0) is 42.2 Å². The highest BCUT2D eigenvalue weighted by molar-refractivity contribution is 5.85. The number of carbonyl (C=O) groups excluding carboxylic acids is 1. The van der Waals surface area contributed by atoms with E-state index >= 15 is 0 Å². The summed E-state index contributed by atoms with van der Waals surface area (Å²) in [6.45, 7) is 4.13. The number of benzene rings is 2. The minimum Gasteiger partial charge on any atom is -0.399 e. The Hall–Kier alpha value is -2.00. The van der Waals surface area contributed by atoms with Crippen LogP contribution in [0.15, 0.2) is 48.5 Å². The molecule has 0 aromatic heterocycles. The first-order chi connectivity index (χ1) is 10.1. The quantitative estimate of drug-likeness (QED) is 0.826. The van der Waals surface area contributed by atoms with Gasteiger partial charge >= 0.3 is 0 Å². The zero-order valence-electron chi connectivity index (χ0n) is 13.0. The molecule has 1 atom stereocenters. The lowest BCUT2D eigenvalue weighted by Gasteiger charge is -2.15. The average Bonchev–Trinajstić information content (AvgIpc) is 2.49. The van der Waals surface area contributed by atoms with Crippen LogP contribution in [0, 0.1) is 0 Å². The second kappa shape index (κ2) is 8.44. The van der Waals surface area contributed by atoms with Crippen LogP contribution < -0.4 is 11.1 Å². The molecular weight excluding hydrogens is 296 g/mol. The second-order valence-corrected chi connectivity index (χ2v) is 5.30. The third-order valence-electron chi connectivity index (χ3n) is 3.61. The fourth-order valence-corrected chi connectivity index (χ4v) is 2.24. The number of amides is 1. The number of carbonyl (C=O) groups is 1. The molecule has 118 valence electrons. The van der Waals surface area contributed by atoms with Gasteiger partial charge in [-0.3, -0.25) is 4.79 Å². The van der Waals surface area contributed by atoms with E-state index < -0.39 is 0 Å². The van der Waals surface area contributed by atoms with E-state index in [4.69, 9.17) is 5.73 Å². The van der Waals surface area contributed by atoms with Crippen molar-refractivity contribution < 1.29 is 4.79 Å². The van der Waals surface area contributed by atoms with Gasteiger partial charge in [-0.15, -0.1) is 12.4 Å². The van der Waals surface area contributed by atoms with E-state index in [9.17, 15) is 4.79 Å². The van der Waals surface area contributed by atoms with E-state index in [2.05, 4.69) is 36.5 Å². The van der Waals surface area contributed by atoms with Gasteiger partial charge in [0.15, 0.2) is 0 Å². The largest absolute Gasteiger partial charge is 0.399 e. The highest BCUT2D eigenvalue weighted by atomic mass is 35.5. The van der Waals surface area contributed by atoms with Crippen LogP contribution in [0.25, 0.3) is 0 Å². The van der Waals surface area contributed by atoms with Gasteiger partial charge in [0.1, 0.15) is 0 Å². The predicted octanol–water partition coefficient (Wildman–Crippen LogP) is 3.67. The van der Waals surface area contributed by atoms with Crippen LogP contribution in [0.1, 0.15) is 36.6 Å². The molecule has 22 heavy (non-hydrogen) atoms. The van der Waals surface area contributed by atoms with Crippen molar-refractivity contribution in [2.45, 2.75) is 32.7 Å². The molecular formula is C18H23ClN2O. The molecule has 0 heterocycles. The summed E-state index contributed by atoms with van der Waals surface area (Å²) < 4.78 is 0. The summed E-state index contributed by atoms with van der Waals surface area (Å²) in [5.41, 5.74) is 9.74. The summed E-state index contributed by atoms with van der Waals surface area (Å²) in [5, 5.41) is 3.03. The molecule has 3 nitrogen and oxygen atoms in total. The molecule has 1 unspecified atom stereocenters. The van der Waals surface area contributed by atoms with Crippen LogP contribution in [-0.2, 0) is 17.6 Å². The van der Waals surface area contributed by atoms with Crippen molar-refractivity contribution >= 4 is 24.0 Å². The Morgan fingerprint density at radius 3 is 2.14 bits per heavy atom. The molecule has 2 rings (SSSR count). The third-order valence-corrected chi connectivity index (χ3v) is 3.61. The van der Waals surface area contributed by atoms with Gasteiger partial charge in [-0.2, -0.15) is 0 Å². The molecule has 0 aliphatic carbocycles. The van der Waals surface area contributed by atoms with Crippen molar-refractivity contribution in [2.24, 2.45) is 0 Å². The van der Waals surface area contributed by atoms with E-state index in [0.717, 1.165) is 17.5 Å². The SMILES string of the molecule is CCc1ccc(C(C)NC(=O)Cc2ccc(N)cc2)cc1.Cl. The first-order valence-electron chi connectivity index (χ1n) is 7.31. The third kappa shape index (κ3) is 5.08. The highest BCUT2D eigenvalue weighted by Crippen LogP contribution is 2.14. The molecule has 0 bridgehead atoms. The maximum atomic E-state index is 12.1. The molecule has 2 aromatic carbocycles. The number of aryl methyl sites for hydroxylation is 1. The second-order valence-electron chi connectivity index (χ2n) is 5.30. The normalized spacial score (nSPS) is 11.4. The Morgan fingerprint density at radius 2 is 1.59 bits per heavy atom. The Labute approximate surface area is 138 Å². The zero-order chi connectivity index (χ0) is 15.2. The molecule has 1 amide bonds. The fourth-order valence-electron chi connectivity index (χ4n) is 2.24. The van der Waals surface area contributed by atoms with E-state index in [1.165, 1.54) is 5.56 Å². The van der Waals surface area contributed by atoms with E-state index in [-0.39, 0.29) is 24.4 Å². The monoisotopic (exact) mass is 318 g/mol. The molecule has 0 saturated carbocycles. The number of halogens is 1. The summed E-state index contributed by atoms with van der Waals surface area (Å²) in [7, 11) is 0. The molecule has 0 saturated heterocycles. The first kappa shape index (κ1) is 18.1. The van der Waals surface area contributed by atoms with E-state index in [0.29, 0.717) is 12.1 Å². The lowest BCUT2D eigenvalue weighted by molar-refractivity contribution is -0.121. The van der Waals surface area contributed by atoms with Crippen molar-refractivity contribution in [1.29, 1.82) is 0 Å². The average molecular weight is 319 g/mol. The number of anilines is 1. The minimum absolute atomic E-state index is 0. The lowest BCUT2D eigenvalue weighted by Crippen LogP contribution is -2.28. The number of nitrogens with two attached hydrogens (primary N) is 1. The van der Waals surface area contributed by atoms with Crippen LogP contribution in [-0.4, -0.2) is 5.91 Å². The summed E-state index contributed by atoms with van der Waals surface area (Å²) in [4.78, 5) is 12.1. The van der Waals surface area contributed by atoms with Crippen molar-refractivity contribution in [3.63, 3.8) is 0 Å². The van der Waals surface area contributed by atoms with Crippen LogP contribution in [0.3, 0.4) is 0 Å². The van der Waals surface area contributed by atoms with Crippen LogP contribution in [0.2, 0.25) is 0 Å². The zero-order valence-corrected chi connectivity index (χ0v) is 13.8. The van der Waals surface area contributed by atoms with Gasteiger partial charge in [-0.25, -0.2) is 0 Å². The van der Waals surface area contributed by atoms with Crippen molar-refractivity contribution in [1.82, 2.24) is 5.32 Å². The van der Waals surface area contributed by atoms with E-state index in [1.807, 2.05) is 31.2 Å². The molecule has 2 aromatic rings. The summed E-state index contributed by atoms with van der Waals surface area (Å²) in [6, 6.07) is 15.8.